The number of aliphatic hydroxyl groups excluding tert-OH is 1. The zero-order chi connectivity index (χ0) is 17.7. The van der Waals surface area contributed by atoms with Crippen LogP contribution in [0.4, 0.5) is 5.69 Å². The summed E-state index contributed by atoms with van der Waals surface area (Å²) in [7, 11) is 0. The molecule has 0 bridgehead atoms. The lowest BCUT2D eigenvalue weighted by molar-refractivity contribution is -0.387. The maximum atomic E-state index is 11.4. The average molecular weight is 350 g/mol. The molecule has 24 heavy (non-hydrogen) atoms. The first-order chi connectivity index (χ1) is 11.4. The van der Waals surface area contributed by atoms with Crippen LogP contribution in [0.5, 0.6) is 5.75 Å². The van der Waals surface area contributed by atoms with Crippen molar-refractivity contribution in [1.82, 2.24) is 4.72 Å². The molecule has 2 atom stereocenters. The highest BCUT2D eigenvalue weighted by atomic mass is 32.2. The summed E-state index contributed by atoms with van der Waals surface area (Å²) >= 11 is 0.756. The van der Waals surface area contributed by atoms with Crippen LogP contribution in [-0.2, 0) is 4.79 Å². The lowest BCUT2D eigenvalue weighted by Crippen LogP contribution is -2.38. The Kier molecular flexibility index (Phi) is 5.74. The smallest absolute Gasteiger partial charge is 0.324 e. The van der Waals surface area contributed by atoms with Crippen molar-refractivity contribution in [3.8, 4) is 5.75 Å². The van der Waals surface area contributed by atoms with Gasteiger partial charge in [-0.05, 0) is 35.7 Å². The van der Waals surface area contributed by atoms with E-state index < -0.39 is 23.0 Å². The van der Waals surface area contributed by atoms with E-state index in [0.717, 1.165) is 11.9 Å². The van der Waals surface area contributed by atoms with Crippen LogP contribution in [0.15, 0.2) is 53.4 Å². The molecule has 0 spiro atoms. The second-order valence-electron chi connectivity index (χ2n) is 4.80. The molecule has 0 aliphatic heterocycles. The van der Waals surface area contributed by atoms with Gasteiger partial charge in [-0.1, -0.05) is 24.3 Å². The van der Waals surface area contributed by atoms with E-state index in [1.54, 1.807) is 6.07 Å². The van der Waals surface area contributed by atoms with Gasteiger partial charge >= 0.3 is 5.97 Å². The maximum absolute atomic E-state index is 11.4. The van der Waals surface area contributed by atoms with Gasteiger partial charge in [0.05, 0.1) is 4.92 Å². The second-order valence-corrected chi connectivity index (χ2v) is 5.68. The van der Waals surface area contributed by atoms with Gasteiger partial charge in [0.1, 0.15) is 22.8 Å². The largest absolute Gasteiger partial charge is 0.508 e. The molecule has 2 aromatic rings. The van der Waals surface area contributed by atoms with E-state index in [9.17, 15) is 30.2 Å². The minimum atomic E-state index is -1.40. The van der Waals surface area contributed by atoms with Gasteiger partial charge in [-0.3, -0.25) is 14.9 Å². The highest BCUT2D eigenvalue weighted by Crippen LogP contribution is 2.29. The first-order valence-corrected chi connectivity index (χ1v) is 7.57. The molecule has 0 radical (unpaired) electrons. The second kappa shape index (κ2) is 7.77. The Labute approximate surface area is 141 Å². The van der Waals surface area contributed by atoms with Crippen molar-refractivity contribution in [2.45, 2.75) is 17.0 Å². The average Bonchev–Trinajstić information content (AvgIpc) is 2.55. The number of rotatable bonds is 7. The summed E-state index contributed by atoms with van der Waals surface area (Å²) in [6.45, 7) is 0. The molecule has 4 N–H and O–H groups in total. The van der Waals surface area contributed by atoms with Crippen molar-refractivity contribution in [2.24, 2.45) is 0 Å². The Bertz CT molecular complexity index is 737. The summed E-state index contributed by atoms with van der Waals surface area (Å²) in [5.41, 5.74) is 0.120. The van der Waals surface area contributed by atoms with E-state index in [-0.39, 0.29) is 21.9 Å². The molecule has 0 aliphatic carbocycles. The number of phenolic OH excluding ortho intramolecular Hbond substituents is 1. The van der Waals surface area contributed by atoms with Crippen LogP contribution in [0.2, 0.25) is 0 Å². The zero-order valence-corrected chi connectivity index (χ0v) is 13.0. The number of carbonyl (C=O) groups is 1. The monoisotopic (exact) mass is 350 g/mol. The summed E-state index contributed by atoms with van der Waals surface area (Å²) in [6.07, 6.45) is -1.40. The van der Waals surface area contributed by atoms with Crippen molar-refractivity contribution in [3.05, 3.63) is 64.2 Å². The lowest BCUT2D eigenvalue weighted by Gasteiger charge is -2.20. The molecule has 0 heterocycles. The van der Waals surface area contributed by atoms with Crippen molar-refractivity contribution in [3.63, 3.8) is 0 Å². The van der Waals surface area contributed by atoms with Crippen LogP contribution in [0.3, 0.4) is 0 Å². The van der Waals surface area contributed by atoms with Crippen LogP contribution < -0.4 is 4.72 Å². The number of nitrogens with one attached hydrogen (secondary N) is 1. The number of carboxylic acid groups (broad SMARTS) is 1. The Hall–Kier alpha value is -2.62. The number of phenols is 1. The fraction of sp³-hybridized carbons (Fsp3) is 0.133. The Morgan fingerprint density at radius 2 is 1.79 bits per heavy atom. The van der Waals surface area contributed by atoms with Crippen molar-refractivity contribution < 1.29 is 25.0 Å². The van der Waals surface area contributed by atoms with E-state index >= 15 is 0 Å². The van der Waals surface area contributed by atoms with Gasteiger partial charge in [0.15, 0.2) is 0 Å². The molecule has 0 saturated heterocycles. The molecule has 1 unspecified atom stereocenters. The van der Waals surface area contributed by atoms with E-state index in [1.165, 1.54) is 42.5 Å². The third kappa shape index (κ3) is 4.22. The Morgan fingerprint density at radius 1 is 1.17 bits per heavy atom. The number of nitro groups is 1. The summed E-state index contributed by atoms with van der Waals surface area (Å²) in [5.74, 6) is -1.33. The highest BCUT2D eigenvalue weighted by molar-refractivity contribution is 7.97. The van der Waals surface area contributed by atoms with Gasteiger partial charge in [-0.2, -0.15) is 0 Å². The fourth-order valence-corrected chi connectivity index (χ4v) is 2.81. The molecular formula is C15H14N2O6S. The molecule has 0 aliphatic rings. The lowest BCUT2D eigenvalue weighted by atomic mass is 10.0. The molecule has 0 amide bonds. The molecule has 9 heteroatoms. The van der Waals surface area contributed by atoms with Crippen LogP contribution in [0.25, 0.3) is 0 Å². The van der Waals surface area contributed by atoms with Gasteiger partial charge in [-0.15, -0.1) is 0 Å². The molecule has 126 valence electrons. The van der Waals surface area contributed by atoms with Crippen molar-refractivity contribution >= 4 is 23.6 Å². The summed E-state index contributed by atoms with van der Waals surface area (Å²) in [4.78, 5) is 22.0. The number of hydrogen-bond donors (Lipinski definition) is 4. The third-order valence-corrected chi connectivity index (χ3v) is 4.11. The molecule has 0 aromatic heterocycles. The summed E-state index contributed by atoms with van der Waals surface area (Å²) in [6, 6.07) is 9.91. The minimum absolute atomic E-state index is 0.0138. The maximum Gasteiger partial charge on any atom is 0.324 e. The number of carboxylic acids is 1. The number of nitro benzene ring substituents is 1. The first kappa shape index (κ1) is 17.7. The van der Waals surface area contributed by atoms with Gasteiger partial charge in [0.2, 0.25) is 0 Å². The van der Waals surface area contributed by atoms with Gasteiger partial charge in [-0.25, -0.2) is 4.72 Å². The summed E-state index contributed by atoms with van der Waals surface area (Å²) < 4.78 is 2.54. The number of aliphatic carboxylic acids is 1. The summed E-state index contributed by atoms with van der Waals surface area (Å²) in [5, 5.41) is 39.7. The van der Waals surface area contributed by atoms with Crippen LogP contribution in [0.1, 0.15) is 11.7 Å². The van der Waals surface area contributed by atoms with Gasteiger partial charge < -0.3 is 15.3 Å². The predicted molar refractivity (Wildman–Crippen MR) is 86.6 cm³/mol. The molecule has 2 rings (SSSR count). The topological polar surface area (TPSA) is 133 Å². The Morgan fingerprint density at radius 3 is 2.38 bits per heavy atom. The normalized spacial score (nSPS) is 13.2. The van der Waals surface area contributed by atoms with Gasteiger partial charge in [0.25, 0.3) is 5.69 Å². The molecule has 0 fully saturated rings. The standard InChI is InChI=1S/C15H14N2O6S/c18-10-7-5-9(6-8-10)14(19)13(15(20)21)16-24-12-4-2-1-3-11(12)17(22)23/h1-8,13-14,16,18-19H,(H,20,21)/t13-,14?/m0/s1. The fourth-order valence-electron chi connectivity index (χ4n) is 1.94. The number of nitrogens with zero attached hydrogens (tertiary/aromatic N) is 1. The van der Waals surface area contributed by atoms with Crippen LogP contribution in [-0.4, -0.2) is 32.3 Å². The quantitative estimate of drug-likeness (QED) is 0.339. The molecule has 8 nitrogen and oxygen atoms in total. The number of aromatic hydroxyl groups is 1. The first-order valence-electron chi connectivity index (χ1n) is 6.75. The van der Waals surface area contributed by atoms with Crippen molar-refractivity contribution in [2.75, 3.05) is 0 Å². The number of para-hydroxylation sites is 1. The van der Waals surface area contributed by atoms with E-state index in [2.05, 4.69) is 4.72 Å². The molecule has 0 saturated carbocycles. The van der Waals surface area contributed by atoms with E-state index in [4.69, 9.17) is 0 Å². The third-order valence-electron chi connectivity index (χ3n) is 3.17. The van der Waals surface area contributed by atoms with Crippen molar-refractivity contribution in [1.29, 1.82) is 0 Å². The highest BCUT2D eigenvalue weighted by Gasteiger charge is 2.28. The minimum Gasteiger partial charge on any atom is -0.508 e. The number of hydrogen-bond acceptors (Lipinski definition) is 7. The van der Waals surface area contributed by atoms with E-state index in [1.807, 2.05) is 0 Å². The van der Waals surface area contributed by atoms with Gasteiger partial charge in [0, 0.05) is 6.07 Å². The molecule has 2 aromatic carbocycles. The SMILES string of the molecule is O=C(O)[C@@H](NSc1ccccc1[N+](=O)[O-])C(O)c1ccc(O)cc1. The number of aliphatic hydroxyl groups is 1. The van der Waals surface area contributed by atoms with Crippen LogP contribution >= 0.6 is 11.9 Å². The van der Waals surface area contributed by atoms with E-state index in [0.29, 0.717) is 0 Å². The number of benzene rings is 2. The molecular weight excluding hydrogens is 336 g/mol. The zero-order valence-electron chi connectivity index (χ0n) is 12.2. The predicted octanol–water partition coefficient (Wildman–Crippen LogP) is 2.08. The van der Waals surface area contributed by atoms with Crippen LogP contribution in [0, 0.1) is 10.1 Å². The Balaban J connectivity index is 2.16.